The third-order valence-electron chi connectivity index (χ3n) is 0.814. The van der Waals surface area contributed by atoms with Crippen LogP contribution in [0.3, 0.4) is 0 Å². The quantitative estimate of drug-likeness (QED) is 0.534. The molecule has 0 rings (SSSR count). The van der Waals surface area contributed by atoms with Gasteiger partial charge in [-0.25, -0.2) is 0 Å². The molecule has 0 saturated carbocycles. The van der Waals surface area contributed by atoms with Gasteiger partial charge in [-0.15, -0.1) is 0 Å². The molecular weight excluding hydrogens is 102 g/mol. The van der Waals surface area contributed by atoms with E-state index in [4.69, 9.17) is 0 Å². The van der Waals surface area contributed by atoms with Gasteiger partial charge < -0.3 is 5.32 Å². The van der Waals surface area contributed by atoms with Gasteiger partial charge in [0.05, 0.1) is 0 Å². The predicted molar refractivity (Wildman–Crippen MR) is 33.5 cm³/mol. The van der Waals surface area contributed by atoms with Crippen LogP contribution in [0.15, 0.2) is 11.8 Å². The molecule has 0 spiro atoms. The Kier molecular flexibility index (Phi) is 2.92. The highest BCUT2D eigenvalue weighted by Gasteiger charge is 1.84. The van der Waals surface area contributed by atoms with E-state index in [-0.39, 0.29) is 5.78 Å². The van der Waals surface area contributed by atoms with E-state index in [0.29, 0.717) is 0 Å². The van der Waals surface area contributed by atoms with Crippen LogP contribution in [0.5, 0.6) is 0 Å². The van der Waals surface area contributed by atoms with E-state index in [1.165, 1.54) is 6.92 Å². The van der Waals surface area contributed by atoms with Gasteiger partial charge in [0.25, 0.3) is 0 Å². The summed E-state index contributed by atoms with van der Waals surface area (Å²) in [6.07, 6.45) is 1.56. The second-order valence-electron chi connectivity index (χ2n) is 1.69. The fraction of sp³-hybridized carbons (Fsp3) is 0.500. The molecule has 0 aromatic heterocycles. The average Bonchev–Trinajstić information content (AvgIpc) is 1.65. The summed E-state index contributed by atoms with van der Waals surface area (Å²) in [4.78, 5) is 10.3. The Morgan fingerprint density at radius 3 is 2.12 bits per heavy atom. The van der Waals surface area contributed by atoms with Gasteiger partial charge in [-0.3, -0.25) is 4.79 Å². The van der Waals surface area contributed by atoms with Gasteiger partial charge in [-0.05, 0) is 19.9 Å². The van der Waals surface area contributed by atoms with E-state index in [1.54, 1.807) is 13.1 Å². The second kappa shape index (κ2) is 3.24. The van der Waals surface area contributed by atoms with Crippen LogP contribution in [0.1, 0.15) is 13.8 Å². The first kappa shape index (κ1) is 7.21. The molecule has 0 aliphatic heterocycles. The Morgan fingerprint density at radius 2 is 2.00 bits per heavy atom. The van der Waals surface area contributed by atoms with Crippen molar-refractivity contribution in [1.29, 1.82) is 0 Å². The van der Waals surface area contributed by atoms with Gasteiger partial charge in [-0.1, -0.05) is 0 Å². The molecule has 0 atom stereocenters. The highest BCUT2D eigenvalue weighted by molar-refractivity contribution is 5.87. The molecule has 8 heavy (non-hydrogen) atoms. The van der Waals surface area contributed by atoms with Crippen molar-refractivity contribution in [2.45, 2.75) is 13.8 Å². The van der Waals surface area contributed by atoms with Gasteiger partial charge in [0.15, 0.2) is 5.78 Å². The fourth-order valence-electron chi connectivity index (χ4n) is 0.377. The van der Waals surface area contributed by atoms with E-state index in [0.717, 1.165) is 5.70 Å². The summed E-state index contributed by atoms with van der Waals surface area (Å²) in [6, 6.07) is 0. The maximum Gasteiger partial charge on any atom is 0.154 e. The number of hydrogen-bond acceptors (Lipinski definition) is 2. The first-order chi connectivity index (χ1) is 3.66. The maximum atomic E-state index is 10.3. The molecule has 0 aliphatic rings. The maximum absolute atomic E-state index is 10.3. The molecule has 0 bridgehead atoms. The predicted octanol–water partition coefficient (Wildman–Crippen LogP) is 0.699. The lowest BCUT2D eigenvalue weighted by molar-refractivity contribution is -0.112. The number of allylic oxidation sites excluding steroid dienone is 2. The Hall–Kier alpha value is -0.790. The van der Waals surface area contributed by atoms with Crippen LogP contribution in [-0.4, -0.2) is 12.8 Å². The zero-order valence-corrected chi connectivity index (χ0v) is 5.49. The summed E-state index contributed by atoms with van der Waals surface area (Å²) in [6.45, 7) is 3.38. The Balaban J connectivity index is 3.75. The van der Waals surface area contributed by atoms with E-state index in [1.807, 2.05) is 6.92 Å². The number of hydrogen-bond donors (Lipinski definition) is 1. The van der Waals surface area contributed by atoms with Crippen LogP contribution < -0.4 is 5.32 Å². The first-order valence-electron chi connectivity index (χ1n) is 2.53. The molecule has 0 fully saturated rings. The van der Waals surface area contributed by atoms with Crippen molar-refractivity contribution in [1.82, 2.24) is 5.32 Å². The van der Waals surface area contributed by atoms with Crippen LogP contribution >= 0.6 is 0 Å². The van der Waals surface area contributed by atoms with Gasteiger partial charge in [0.1, 0.15) is 0 Å². The molecule has 46 valence electrons. The molecule has 0 aromatic rings. The number of ketones is 1. The Bertz CT molecular complexity index is 116. The average molecular weight is 113 g/mol. The van der Waals surface area contributed by atoms with Crippen molar-refractivity contribution >= 4 is 5.78 Å². The fourth-order valence-corrected chi connectivity index (χ4v) is 0.377. The standard InChI is InChI=1S/C6H11NO/c1-5(7-3)4-6(2)8/h4,7H,1-3H3/b5-4+. The number of carbonyl (C=O) groups is 1. The molecule has 0 unspecified atom stereocenters. The summed E-state index contributed by atoms with van der Waals surface area (Å²) >= 11 is 0. The van der Waals surface area contributed by atoms with Crippen molar-refractivity contribution in [2.24, 2.45) is 0 Å². The molecule has 0 saturated heterocycles. The lowest BCUT2D eigenvalue weighted by Crippen LogP contribution is -2.02. The third-order valence-corrected chi connectivity index (χ3v) is 0.814. The summed E-state index contributed by atoms with van der Waals surface area (Å²) in [5.41, 5.74) is 0.900. The molecule has 0 heterocycles. The Morgan fingerprint density at radius 1 is 1.50 bits per heavy atom. The molecule has 0 amide bonds. The van der Waals surface area contributed by atoms with Gasteiger partial charge in [0.2, 0.25) is 0 Å². The zero-order chi connectivity index (χ0) is 6.57. The lowest BCUT2D eigenvalue weighted by Gasteiger charge is -1.93. The van der Waals surface area contributed by atoms with Crippen LogP contribution in [0.4, 0.5) is 0 Å². The van der Waals surface area contributed by atoms with Crippen molar-refractivity contribution in [3.63, 3.8) is 0 Å². The molecule has 2 nitrogen and oxygen atoms in total. The smallest absolute Gasteiger partial charge is 0.154 e. The summed E-state index contributed by atoms with van der Waals surface area (Å²) in [5, 5.41) is 2.84. The van der Waals surface area contributed by atoms with E-state index in [9.17, 15) is 4.79 Å². The van der Waals surface area contributed by atoms with Crippen LogP contribution in [0.25, 0.3) is 0 Å². The number of nitrogens with one attached hydrogen (secondary N) is 1. The highest BCUT2D eigenvalue weighted by atomic mass is 16.1. The molecule has 2 heteroatoms. The minimum atomic E-state index is 0.0804. The molecule has 0 aliphatic carbocycles. The van der Waals surface area contributed by atoms with E-state index < -0.39 is 0 Å². The molecule has 0 radical (unpaired) electrons. The first-order valence-corrected chi connectivity index (χ1v) is 2.53. The Labute approximate surface area is 49.6 Å². The third kappa shape index (κ3) is 3.40. The van der Waals surface area contributed by atoms with Gasteiger partial charge in [0, 0.05) is 12.7 Å². The SMILES string of the molecule is CN/C(C)=C/C(C)=O. The van der Waals surface area contributed by atoms with Crippen LogP contribution in [0, 0.1) is 0 Å². The lowest BCUT2D eigenvalue weighted by atomic mass is 10.3. The normalized spacial score (nSPS) is 11.1. The van der Waals surface area contributed by atoms with Gasteiger partial charge in [-0.2, -0.15) is 0 Å². The molecule has 1 N–H and O–H groups in total. The second-order valence-corrected chi connectivity index (χ2v) is 1.69. The van der Waals surface area contributed by atoms with Gasteiger partial charge >= 0.3 is 0 Å². The zero-order valence-electron chi connectivity index (χ0n) is 5.49. The number of carbonyl (C=O) groups excluding carboxylic acids is 1. The summed E-state index contributed by atoms with van der Waals surface area (Å²) < 4.78 is 0. The van der Waals surface area contributed by atoms with Crippen molar-refractivity contribution in [3.8, 4) is 0 Å². The minimum Gasteiger partial charge on any atom is -0.392 e. The number of rotatable bonds is 2. The monoisotopic (exact) mass is 113 g/mol. The summed E-state index contributed by atoms with van der Waals surface area (Å²) in [7, 11) is 1.79. The van der Waals surface area contributed by atoms with E-state index >= 15 is 0 Å². The van der Waals surface area contributed by atoms with Crippen LogP contribution in [-0.2, 0) is 4.79 Å². The molecular formula is C6H11NO. The highest BCUT2D eigenvalue weighted by Crippen LogP contribution is 1.82. The van der Waals surface area contributed by atoms with Crippen LogP contribution in [0.2, 0.25) is 0 Å². The topological polar surface area (TPSA) is 29.1 Å². The largest absolute Gasteiger partial charge is 0.392 e. The van der Waals surface area contributed by atoms with E-state index in [2.05, 4.69) is 5.32 Å². The van der Waals surface area contributed by atoms with Crippen molar-refractivity contribution in [3.05, 3.63) is 11.8 Å². The van der Waals surface area contributed by atoms with Crippen molar-refractivity contribution in [2.75, 3.05) is 7.05 Å². The minimum absolute atomic E-state index is 0.0804. The molecule has 0 aromatic carbocycles. The van der Waals surface area contributed by atoms with Crippen molar-refractivity contribution < 1.29 is 4.79 Å². The summed E-state index contributed by atoms with van der Waals surface area (Å²) in [5.74, 6) is 0.0804.